The van der Waals surface area contributed by atoms with Crippen LogP contribution in [0.2, 0.25) is 0 Å². The van der Waals surface area contributed by atoms with E-state index in [4.69, 9.17) is 19.9 Å². The second-order valence-corrected chi connectivity index (χ2v) is 15.6. The van der Waals surface area contributed by atoms with Gasteiger partial charge in [-0.1, -0.05) is 169 Å². The monoisotopic (exact) mass is 780 g/mol. The van der Waals surface area contributed by atoms with Crippen LogP contribution >= 0.6 is 0 Å². The molecule has 0 aliphatic carbocycles. The van der Waals surface area contributed by atoms with E-state index >= 15 is 0 Å². The predicted molar refractivity (Wildman–Crippen MR) is 249 cm³/mol. The van der Waals surface area contributed by atoms with Crippen molar-refractivity contribution >= 4 is 43.6 Å². The number of para-hydroxylation sites is 2. The molecule has 3 heterocycles. The minimum absolute atomic E-state index is 0.577. The first-order valence-corrected chi connectivity index (χ1v) is 20.6. The number of aryl methyl sites for hydroxylation is 1. The second-order valence-electron chi connectivity index (χ2n) is 15.6. The highest BCUT2D eigenvalue weighted by atomic mass is 15.2. The highest BCUT2D eigenvalue weighted by Crippen LogP contribution is 2.45. The summed E-state index contributed by atoms with van der Waals surface area (Å²) in [6, 6.07) is 70.4. The van der Waals surface area contributed by atoms with Gasteiger partial charge < -0.3 is 0 Å². The van der Waals surface area contributed by atoms with Gasteiger partial charge in [0.15, 0.2) is 11.6 Å². The fourth-order valence-electron chi connectivity index (χ4n) is 8.96. The zero-order valence-corrected chi connectivity index (χ0v) is 33.2. The van der Waals surface area contributed by atoms with E-state index in [2.05, 4.69) is 168 Å². The van der Waals surface area contributed by atoms with Gasteiger partial charge in [-0.25, -0.2) is 9.97 Å². The summed E-state index contributed by atoms with van der Waals surface area (Å²) in [5.74, 6) is 2.75. The average molecular weight is 781 g/mol. The molecule has 0 aliphatic rings. The van der Waals surface area contributed by atoms with E-state index in [1.165, 1.54) is 38.2 Å². The van der Waals surface area contributed by atoms with E-state index < -0.39 is 0 Å². The minimum atomic E-state index is 0.577. The van der Waals surface area contributed by atoms with E-state index in [0.717, 1.165) is 61.4 Å². The molecule has 9 aromatic carbocycles. The molecule has 61 heavy (non-hydrogen) atoms. The molecule has 0 saturated carbocycles. The van der Waals surface area contributed by atoms with Crippen LogP contribution in [0.25, 0.3) is 112 Å². The molecule has 286 valence electrons. The third-order valence-electron chi connectivity index (χ3n) is 11.9. The summed E-state index contributed by atoms with van der Waals surface area (Å²) in [4.78, 5) is 20.5. The third kappa shape index (κ3) is 5.72. The average Bonchev–Trinajstić information content (AvgIpc) is 3.89. The first kappa shape index (κ1) is 34.8. The highest BCUT2D eigenvalue weighted by molar-refractivity contribution is 6.28. The first-order valence-electron chi connectivity index (χ1n) is 20.6. The molecule has 12 aromatic rings. The van der Waals surface area contributed by atoms with Crippen molar-refractivity contribution in [3.63, 3.8) is 0 Å². The molecule has 0 amide bonds. The topological polar surface area (TPSA) is 61.4 Å². The summed E-state index contributed by atoms with van der Waals surface area (Å²) in [6.07, 6.45) is 0. The zero-order valence-electron chi connectivity index (χ0n) is 33.2. The minimum Gasteiger partial charge on any atom is -0.292 e. The summed E-state index contributed by atoms with van der Waals surface area (Å²) < 4.78 is 4.49. The quantitative estimate of drug-likeness (QED) is 0.151. The van der Waals surface area contributed by atoms with E-state index in [0.29, 0.717) is 17.6 Å². The van der Waals surface area contributed by atoms with E-state index in [1.807, 2.05) is 48.5 Å². The molecule has 0 bridgehead atoms. The van der Waals surface area contributed by atoms with Crippen LogP contribution in [0.1, 0.15) is 5.56 Å². The third-order valence-corrected chi connectivity index (χ3v) is 11.9. The fraction of sp³-hybridized carbons (Fsp3) is 0.0182. The van der Waals surface area contributed by atoms with E-state index in [9.17, 15) is 0 Å². The molecular formula is C55H36N6. The van der Waals surface area contributed by atoms with Crippen LogP contribution in [0.3, 0.4) is 0 Å². The van der Waals surface area contributed by atoms with Gasteiger partial charge in [-0.3, -0.25) is 9.13 Å². The van der Waals surface area contributed by atoms with Crippen molar-refractivity contribution in [3.8, 4) is 68.1 Å². The SMILES string of the molecule is Cc1ccc(-c2ccc3c4c2ccc2c(-c5ccc(-n6c(-c7ccccc7)nc7ccccc76)cc5)ccc(c24)n3-c2nc(-c3ccccc3)nc(-c3ccccc3)n2)cc1. The molecule has 0 unspecified atom stereocenters. The van der Waals surface area contributed by atoms with Crippen molar-refractivity contribution in [3.05, 3.63) is 206 Å². The van der Waals surface area contributed by atoms with Gasteiger partial charge in [0.25, 0.3) is 0 Å². The van der Waals surface area contributed by atoms with Crippen LogP contribution < -0.4 is 0 Å². The summed E-state index contributed by atoms with van der Waals surface area (Å²) in [6.45, 7) is 2.13. The molecule has 0 saturated heterocycles. The lowest BCUT2D eigenvalue weighted by atomic mass is 9.91. The predicted octanol–water partition coefficient (Wildman–Crippen LogP) is 13.5. The Hall–Kier alpha value is -8.22. The van der Waals surface area contributed by atoms with Crippen LogP contribution in [0.4, 0.5) is 0 Å². The summed E-state index contributed by atoms with van der Waals surface area (Å²) in [5.41, 5.74) is 14.0. The molecule has 6 nitrogen and oxygen atoms in total. The maximum atomic E-state index is 5.22. The van der Waals surface area contributed by atoms with Gasteiger partial charge in [-0.05, 0) is 76.3 Å². The van der Waals surface area contributed by atoms with Crippen molar-refractivity contribution in [2.45, 2.75) is 6.92 Å². The molecule has 0 atom stereocenters. The van der Waals surface area contributed by atoms with Crippen molar-refractivity contribution < 1.29 is 0 Å². The van der Waals surface area contributed by atoms with Crippen molar-refractivity contribution in [1.29, 1.82) is 0 Å². The summed E-state index contributed by atoms with van der Waals surface area (Å²) in [5, 5.41) is 4.72. The second kappa shape index (κ2) is 14.0. The number of nitrogens with zero attached hydrogens (tertiary/aromatic N) is 6. The molecule has 3 aromatic heterocycles. The van der Waals surface area contributed by atoms with Crippen LogP contribution in [0.5, 0.6) is 0 Å². The largest absolute Gasteiger partial charge is 0.292 e. The summed E-state index contributed by atoms with van der Waals surface area (Å²) >= 11 is 0. The van der Waals surface area contributed by atoms with Gasteiger partial charge >= 0.3 is 0 Å². The molecule has 0 N–H and O–H groups in total. The Balaban J connectivity index is 1.08. The first-order chi connectivity index (χ1) is 30.2. The number of fused-ring (bicyclic) bond motifs is 1. The number of hydrogen-bond acceptors (Lipinski definition) is 4. The van der Waals surface area contributed by atoms with Gasteiger partial charge in [0.05, 0.1) is 22.1 Å². The van der Waals surface area contributed by atoms with Gasteiger partial charge in [0.2, 0.25) is 5.95 Å². The Morgan fingerprint density at radius 2 is 0.836 bits per heavy atom. The van der Waals surface area contributed by atoms with Gasteiger partial charge in [-0.15, -0.1) is 0 Å². The lowest BCUT2D eigenvalue weighted by Crippen LogP contribution is -2.06. The van der Waals surface area contributed by atoms with Gasteiger partial charge in [-0.2, -0.15) is 9.97 Å². The fourth-order valence-corrected chi connectivity index (χ4v) is 8.96. The van der Waals surface area contributed by atoms with Crippen LogP contribution in [-0.2, 0) is 0 Å². The standard InChI is InChI=1S/C55H36N6/c1-35-21-23-36(24-22-35)42-31-33-48-50-44(42)29-30-45-43(37-25-27-41(28-26-37)60-47-20-12-11-19-46(47)56-54(60)40-17-9-4-10-18-40)32-34-49(51(45)50)61(48)55-58-52(38-13-5-2-6-14-38)57-53(59-55)39-15-7-3-8-16-39/h2-34H,1H3. The lowest BCUT2D eigenvalue weighted by Gasteiger charge is -2.13. The number of hydrogen-bond donors (Lipinski definition) is 0. The lowest BCUT2D eigenvalue weighted by molar-refractivity contribution is 0.954. The number of rotatable bonds is 7. The normalized spacial score (nSPS) is 11.7. The Morgan fingerprint density at radius 3 is 1.39 bits per heavy atom. The Bertz CT molecular complexity index is 3500. The molecule has 12 rings (SSSR count). The maximum absolute atomic E-state index is 5.22. The van der Waals surface area contributed by atoms with E-state index in [1.54, 1.807) is 0 Å². The Morgan fingerprint density at radius 1 is 0.344 bits per heavy atom. The molecule has 0 radical (unpaired) electrons. The molecule has 0 aliphatic heterocycles. The van der Waals surface area contributed by atoms with Crippen LogP contribution in [0, 0.1) is 6.92 Å². The smallest absolute Gasteiger partial charge is 0.238 e. The van der Waals surface area contributed by atoms with Crippen LogP contribution in [-0.4, -0.2) is 29.1 Å². The Kier molecular flexibility index (Phi) is 7.96. The maximum Gasteiger partial charge on any atom is 0.238 e. The zero-order chi connectivity index (χ0) is 40.4. The number of aromatic nitrogens is 6. The molecular weight excluding hydrogens is 745 g/mol. The molecule has 6 heteroatoms. The molecule has 0 fully saturated rings. The van der Waals surface area contributed by atoms with Crippen molar-refractivity contribution in [1.82, 2.24) is 29.1 Å². The van der Waals surface area contributed by atoms with Gasteiger partial charge in [0, 0.05) is 33.2 Å². The number of benzene rings is 9. The van der Waals surface area contributed by atoms with E-state index in [-0.39, 0.29) is 0 Å². The summed E-state index contributed by atoms with van der Waals surface area (Å²) in [7, 11) is 0. The number of imidazole rings is 1. The van der Waals surface area contributed by atoms with Crippen molar-refractivity contribution in [2.24, 2.45) is 0 Å². The Labute approximate surface area is 352 Å². The van der Waals surface area contributed by atoms with Crippen molar-refractivity contribution in [2.75, 3.05) is 0 Å². The molecule has 0 spiro atoms. The highest BCUT2D eigenvalue weighted by Gasteiger charge is 2.24. The van der Waals surface area contributed by atoms with Crippen LogP contribution in [0.15, 0.2) is 200 Å². The van der Waals surface area contributed by atoms with Gasteiger partial charge in [0.1, 0.15) is 5.82 Å².